The van der Waals surface area contributed by atoms with Crippen LogP contribution in [0, 0.1) is 5.92 Å². The number of tetrazole rings is 1. The van der Waals surface area contributed by atoms with Crippen molar-refractivity contribution in [2.24, 2.45) is 5.92 Å². The Bertz CT molecular complexity index is 698. The maximum Gasteiger partial charge on any atom is 0.209 e. The fourth-order valence-corrected chi connectivity index (χ4v) is 5.20. The molecule has 2 N–H and O–H groups in total. The van der Waals surface area contributed by atoms with Gasteiger partial charge in [0.05, 0.1) is 12.6 Å². The Balaban J connectivity index is 1.46. The molecule has 1 saturated heterocycles. The summed E-state index contributed by atoms with van der Waals surface area (Å²) in [6, 6.07) is 11.8. The zero-order valence-electron chi connectivity index (χ0n) is 16.8. The van der Waals surface area contributed by atoms with E-state index >= 15 is 0 Å². The summed E-state index contributed by atoms with van der Waals surface area (Å²) in [6.45, 7) is 10.4. The zero-order valence-corrected chi connectivity index (χ0v) is 16.8. The van der Waals surface area contributed by atoms with Crippen molar-refractivity contribution in [2.45, 2.75) is 58.2 Å². The highest BCUT2D eigenvalue weighted by Crippen LogP contribution is 2.18. The van der Waals surface area contributed by atoms with Crippen molar-refractivity contribution in [2.75, 3.05) is 26.2 Å². The number of hydrogen-bond donors (Lipinski definition) is 2. The van der Waals surface area contributed by atoms with Crippen molar-refractivity contribution in [3.05, 3.63) is 41.7 Å². The highest BCUT2D eigenvalue weighted by Gasteiger charge is 2.38. The van der Waals surface area contributed by atoms with Crippen LogP contribution in [-0.2, 0) is 6.54 Å². The summed E-state index contributed by atoms with van der Waals surface area (Å²) >= 11 is 0. The van der Waals surface area contributed by atoms with Crippen LogP contribution in [0.3, 0.4) is 0 Å². The van der Waals surface area contributed by atoms with Crippen LogP contribution in [0.5, 0.6) is 0 Å². The molecule has 27 heavy (non-hydrogen) atoms. The molecule has 1 aliphatic carbocycles. The van der Waals surface area contributed by atoms with Gasteiger partial charge in [0.15, 0.2) is 6.04 Å². The Morgan fingerprint density at radius 3 is 2.41 bits per heavy atom. The molecular weight excluding hydrogens is 336 g/mol. The average Bonchev–Trinajstić information content (AvgIpc) is 3.36. The monoisotopic (exact) mass is 370 g/mol. The van der Waals surface area contributed by atoms with Crippen molar-refractivity contribution in [3.63, 3.8) is 0 Å². The summed E-state index contributed by atoms with van der Waals surface area (Å²) in [5, 5.41) is 12.8. The van der Waals surface area contributed by atoms with Gasteiger partial charge in [-0.2, -0.15) is 0 Å². The largest absolute Gasteiger partial charge is 0.323 e. The van der Waals surface area contributed by atoms with E-state index < -0.39 is 0 Å². The second-order valence-electron chi connectivity index (χ2n) is 8.70. The molecule has 2 aliphatic rings. The first kappa shape index (κ1) is 18.6. The Morgan fingerprint density at radius 2 is 1.74 bits per heavy atom. The minimum Gasteiger partial charge on any atom is -0.323 e. The van der Waals surface area contributed by atoms with E-state index in [-0.39, 0.29) is 0 Å². The summed E-state index contributed by atoms with van der Waals surface area (Å²) in [7, 11) is 0. The lowest BCUT2D eigenvalue weighted by atomic mass is 10.00. The summed E-state index contributed by atoms with van der Waals surface area (Å²) in [5.74, 6) is 1.57. The van der Waals surface area contributed by atoms with Crippen LogP contribution in [0.15, 0.2) is 30.3 Å². The third-order valence-corrected chi connectivity index (χ3v) is 6.59. The van der Waals surface area contributed by atoms with Gasteiger partial charge in [0.1, 0.15) is 26.2 Å². The quantitative estimate of drug-likeness (QED) is 0.761. The van der Waals surface area contributed by atoms with Crippen molar-refractivity contribution < 1.29 is 9.80 Å². The van der Waals surface area contributed by atoms with Crippen LogP contribution >= 0.6 is 0 Å². The van der Waals surface area contributed by atoms with E-state index in [0.29, 0.717) is 12.0 Å². The van der Waals surface area contributed by atoms with E-state index in [0.717, 1.165) is 18.4 Å². The second kappa shape index (κ2) is 8.48. The summed E-state index contributed by atoms with van der Waals surface area (Å²) in [6.07, 6.45) is 5.75. The van der Waals surface area contributed by atoms with E-state index in [2.05, 4.69) is 59.7 Å². The molecule has 6 heteroatoms. The Morgan fingerprint density at radius 1 is 1.04 bits per heavy atom. The van der Waals surface area contributed by atoms with Crippen LogP contribution in [0.25, 0.3) is 0 Å². The second-order valence-corrected chi connectivity index (χ2v) is 8.70. The lowest BCUT2D eigenvalue weighted by molar-refractivity contribution is -1.04. The van der Waals surface area contributed by atoms with Gasteiger partial charge in [0.2, 0.25) is 5.82 Å². The first-order valence-corrected chi connectivity index (χ1v) is 10.7. The molecule has 1 aromatic heterocycles. The van der Waals surface area contributed by atoms with E-state index in [1.54, 1.807) is 4.90 Å². The smallest absolute Gasteiger partial charge is 0.209 e. The minimum absolute atomic E-state index is 0.369. The van der Waals surface area contributed by atoms with E-state index in [1.165, 1.54) is 57.4 Å². The predicted octanol–water partition coefficient (Wildman–Crippen LogP) is 0.145. The number of piperazine rings is 1. The van der Waals surface area contributed by atoms with Gasteiger partial charge in [-0.3, -0.25) is 0 Å². The third kappa shape index (κ3) is 4.22. The molecule has 1 aliphatic heterocycles. The molecule has 0 bridgehead atoms. The highest BCUT2D eigenvalue weighted by molar-refractivity contribution is 5.15. The number of aromatic nitrogens is 4. The molecule has 1 atom stereocenters. The summed E-state index contributed by atoms with van der Waals surface area (Å²) in [4.78, 5) is 3.51. The van der Waals surface area contributed by atoms with Crippen LogP contribution in [-0.4, -0.2) is 52.4 Å². The molecule has 1 aromatic carbocycles. The fraction of sp³-hybridized carbons (Fsp3) is 0.667. The molecule has 2 fully saturated rings. The van der Waals surface area contributed by atoms with Crippen LogP contribution in [0.1, 0.15) is 57.0 Å². The molecule has 0 amide bonds. The molecule has 2 aromatic rings. The fourth-order valence-electron chi connectivity index (χ4n) is 5.20. The van der Waals surface area contributed by atoms with Crippen LogP contribution in [0.2, 0.25) is 0 Å². The SMILES string of the molecule is CC(C)[C@H](c1nnnn1Cc1ccccc1)[NH+]1CC[NH+](C2CCCC2)CC1. The third-order valence-electron chi connectivity index (χ3n) is 6.59. The van der Waals surface area contributed by atoms with Crippen molar-refractivity contribution in [1.29, 1.82) is 0 Å². The minimum atomic E-state index is 0.369. The molecular formula is C21H34N6+2. The van der Waals surface area contributed by atoms with Crippen LogP contribution < -0.4 is 9.80 Å². The number of hydrogen-bond acceptors (Lipinski definition) is 3. The highest BCUT2D eigenvalue weighted by atomic mass is 15.6. The topological polar surface area (TPSA) is 52.5 Å². The zero-order chi connectivity index (χ0) is 18.6. The van der Waals surface area contributed by atoms with Gasteiger partial charge in [-0.25, -0.2) is 4.68 Å². The molecule has 0 unspecified atom stereocenters. The number of nitrogens with zero attached hydrogens (tertiary/aromatic N) is 4. The number of quaternary nitrogens is 2. The average molecular weight is 371 g/mol. The van der Waals surface area contributed by atoms with E-state index in [4.69, 9.17) is 0 Å². The molecule has 0 spiro atoms. The molecule has 4 rings (SSSR count). The van der Waals surface area contributed by atoms with Gasteiger partial charge in [0, 0.05) is 5.92 Å². The summed E-state index contributed by atoms with van der Waals surface area (Å²) < 4.78 is 2.02. The summed E-state index contributed by atoms with van der Waals surface area (Å²) in [5.41, 5.74) is 1.25. The molecule has 6 nitrogen and oxygen atoms in total. The molecule has 0 radical (unpaired) electrons. The Kier molecular flexibility index (Phi) is 5.83. The van der Waals surface area contributed by atoms with Crippen molar-refractivity contribution >= 4 is 0 Å². The Labute approximate surface area is 162 Å². The lowest BCUT2D eigenvalue weighted by Gasteiger charge is -2.37. The van der Waals surface area contributed by atoms with Crippen LogP contribution in [0.4, 0.5) is 0 Å². The van der Waals surface area contributed by atoms with E-state index in [9.17, 15) is 0 Å². The van der Waals surface area contributed by atoms with Gasteiger partial charge in [-0.05, 0) is 41.7 Å². The standard InChI is InChI=1S/C21H32N6/c1-17(2)20(26-14-12-25(13-15-26)19-10-6-7-11-19)21-22-23-24-27(21)16-18-8-4-3-5-9-18/h3-5,8-9,17,19-20H,6-7,10-16H2,1-2H3/p+2/t20-/m1/s1. The first-order valence-electron chi connectivity index (χ1n) is 10.7. The van der Waals surface area contributed by atoms with Crippen molar-refractivity contribution in [1.82, 2.24) is 20.2 Å². The van der Waals surface area contributed by atoms with Gasteiger partial charge < -0.3 is 9.80 Å². The Hall–Kier alpha value is -1.79. The van der Waals surface area contributed by atoms with Gasteiger partial charge >= 0.3 is 0 Å². The predicted molar refractivity (Wildman–Crippen MR) is 105 cm³/mol. The first-order chi connectivity index (χ1) is 13.2. The number of nitrogens with one attached hydrogen (secondary N) is 2. The molecule has 1 saturated carbocycles. The maximum atomic E-state index is 4.48. The van der Waals surface area contributed by atoms with Gasteiger partial charge in [-0.1, -0.05) is 44.2 Å². The molecule has 146 valence electrons. The van der Waals surface area contributed by atoms with E-state index in [1.807, 2.05) is 9.58 Å². The molecule has 2 heterocycles. The van der Waals surface area contributed by atoms with Crippen molar-refractivity contribution in [3.8, 4) is 0 Å². The van der Waals surface area contributed by atoms with Gasteiger partial charge in [-0.15, -0.1) is 5.10 Å². The number of benzene rings is 1. The van der Waals surface area contributed by atoms with Gasteiger partial charge in [0.25, 0.3) is 0 Å². The lowest BCUT2D eigenvalue weighted by Crippen LogP contribution is -3.29. The maximum absolute atomic E-state index is 4.48. The number of rotatable bonds is 6. The normalized spacial score (nSPS) is 25.1.